The molecule has 29 heavy (non-hydrogen) atoms. The number of aromatic nitrogens is 2. The molecule has 5 nitrogen and oxygen atoms in total. The molecule has 0 aliphatic carbocycles. The van der Waals surface area contributed by atoms with Crippen LogP contribution in [0.25, 0.3) is 0 Å². The third kappa shape index (κ3) is 4.98. The third-order valence-electron chi connectivity index (χ3n) is 5.53. The van der Waals surface area contributed by atoms with Crippen LogP contribution in [0, 0.1) is 11.6 Å². The van der Waals surface area contributed by atoms with Crippen LogP contribution in [-0.2, 0) is 6.42 Å². The number of nitrogens with zero attached hydrogens (tertiary/aromatic N) is 5. The molecule has 0 saturated carbocycles. The van der Waals surface area contributed by atoms with Crippen molar-refractivity contribution in [1.82, 2.24) is 14.3 Å². The predicted octanol–water partition coefficient (Wildman–Crippen LogP) is 3.42. The summed E-state index contributed by atoms with van der Waals surface area (Å²) >= 11 is 1.30. The van der Waals surface area contributed by atoms with Gasteiger partial charge in [0.15, 0.2) is 11.6 Å². The van der Waals surface area contributed by atoms with Crippen molar-refractivity contribution in [3.8, 4) is 0 Å². The van der Waals surface area contributed by atoms with Crippen LogP contribution >= 0.6 is 11.5 Å². The maximum absolute atomic E-state index is 13.3. The molecule has 3 heterocycles. The van der Waals surface area contributed by atoms with Crippen LogP contribution in [0.15, 0.2) is 18.2 Å². The van der Waals surface area contributed by atoms with Gasteiger partial charge in [0.1, 0.15) is 0 Å². The highest BCUT2D eigenvalue weighted by Crippen LogP contribution is 2.31. The number of hydrogen-bond donors (Lipinski definition) is 0. The predicted molar refractivity (Wildman–Crippen MR) is 105 cm³/mol. The summed E-state index contributed by atoms with van der Waals surface area (Å²) in [5.74, 6) is -3.67. The van der Waals surface area contributed by atoms with Crippen LogP contribution in [-0.4, -0.2) is 66.0 Å². The maximum atomic E-state index is 13.3. The van der Waals surface area contributed by atoms with Crippen molar-refractivity contribution in [3.63, 3.8) is 0 Å². The molecule has 0 N–H and O–H groups in total. The number of halogens is 4. The first kappa shape index (κ1) is 20.3. The van der Waals surface area contributed by atoms with Gasteiger partial charge in [-0.2, -0.15) is 9.36 Å². The fourth-order valence-electron chi connectivity index (χ4n) is 3.64. The Kier molecular flexibility index (Phi) is 5.91. The molecule has 0 amide bonds. The van der Waals surface area contributed by atoms with E-state index in [2.05, 4.69) is 19.2 Å². The van der Waals surface area contributed by atoms with Crippen LogP contribution in [0.5, 0.6) is 0 Å². The number of benzene rings is 1. The molecule has 2 aromatic rings. The molecule has 4 rings (SSSR count). The van der Waals surface area contributed by atoms with Gasteiger partial charge in [-0.05, 0) is 24.1 Å². The fraction of sp³-hybridized carbons (Fsp3) is 0.579. The molecule has 0 atom stereocenters. The maximum Gasteiger partial charge on any atom is 0.251 e. The lowest BCUT2D eigenvalue weighted by Gasteiger charge is -2.34. The number of anilines is 2. The second-order valence-electron chi connectivity index (χ2n) is 7.55. The number of piperidine rings is 1. The normalized spacial score (nSPS) is 20.3. The highest BCUT2D eigenvalue weighted by molar-refractivity contribution is 7.09. The fourth-order valence-corrected chi connectivity index (χ4v) is 4.38. The molecule has 0 unspecified atom stereocenters. The van der Waals surface area contributed by atoms with Crippen LogP contribution < -0.4 is 9.80 Å². The van der Waals surface area contributed by atoms with E-state index in [0.717, 1.165) is 43.4 Å². The number of hydrogen-bond acceptors (Lipinski definition) is 6. The van der Waals surface area contributed by atoms with E-state index in [-0.39, 0.29) is 25.9 Å². The van der Waals surface area contributed by atoms with Gasteiger partial charge in [-0.25, -0.2) is 17.6 Å². The van der Waals surface area contributed by atoms with Crippen LogP contribution in [0.3, 0.4) is 0 Å². The molecule has 10 heteroatoms. The van der Waals surface area contributed by atoms with Gasteiger partial charge in [-0.1, -0.05) is 6.07 Å². The Bertz CT molecular complexity index is 828. The molecule has 0 radical (unpaired) electrons. The van der Waals surface area contributed by atoms with Gasteiger partial charge < -0.3 is 9.80 Å². The van der Waals surface area contributed by atoms with Crippen molar-refractivity contribution in [2.24, 2.45) is 0 Å². The summed E-state index contributed by atoms with van der Waals surface area (Å²) in [7, 11) is 0. The monoisotopic (exact) mass is 429 g/mol. The zero-order valence-electron chi connectivity index (χ0n) is 16.0. The molecule has 2 saturated heterocycles. The lowest BCUT2D eigenvalue weighted by molar-refractivity contribution is -0.0222. The number of piperazine rings is 1. The van der Waals surface area contributed by atoms with Crippen LogP contribution in [0.1, 0.15) is 18.4 Å². The van der Waals surface area contributed by atoms with Crippen molar-refractivity contribution < 1.29 is 17.6 Å². The Morgan fingerprint density at radius 1 is 0.931 bits per heavy atom. The minimum atomic E-state index is -2.58. The third-order valence-corrected chi connectivity index (χ3v) is 6.29. The molecule has 0 bridgehead atoms. The first-order chi connectivity index (χ1) is 13.9. The Morgan fingerprint density at radius 3 is 2.34 bits per heavy atom. The topological polar surface area (TPSA) is 35.5 Å². The minimum absolute atomic E-state index is 0.155. The summed E-state index contributed by atoms with van der Waals surface area (Å²) in [6.07, 6.45) is 0.357. The highest BCUT2D eigenvalue weighted by Gasteiger charge is 2.35. The standard InChI is InChI=1S/C19H23F4N5S/c20-15-2-1-14(13-16(15)21)3-6-26-9-11-28(12-10-26)18-24-17(25-29-18)27-7-4-19(22,23)5-8-27/h1-2,13H,3-12H2. The molecule has 1 aromatic heterocycles. The van der Waals surface area contributed by atoms with Crippen molar-refractivity contribution in [2.75, 3.05) is 55.6 Å². The van der Waals surface area contributed by atoms with E-state index < -0.39 is 17.6 Å². The van der Waals surface area contributed by atoms with Gasteiger partial charge in [-0.3, -0.25) is 4.90 Å². The second kappa shape index (κ2) is 8.43. The Balaban J connectivity index is 1.25. The van der Waals surface area contributed by atoms with Crippen molar-refractivity contribution in [2.45, 2.75) is 25.2 Å². The van der Waals surface area contributed by atoms with Gasteiger partial charge in [0, 0.05) is 70.2 Å². The lowest BCUT2D eigenvalue weighted by atomic mass is 10.1. The van der Waals surface area contributed by atoms with Crippen molar-refractivity contribution in [3.05, 3.63) is 35.4 Å². The van der Waals surface area contributed by atoms with Gasteiger partial charge >= 0.3 is 0 Å². The van der Waals surface area contributed by atoms with Gasteiger partial charge in [0.25, 0.3) is 5.92 Å². The largest absolute Gasteiger partial charge is 0.344 e. The average Bonchev–Trinajstić information content (AvgIpc) is 3.19. The van der Waals surface area contributed by atoms with E-state index in [9.17, 15) is 17.6 Å². The minimum Gasteiger partial charge on any atom is -0.344 e. The van der Waals surface area contributed by atoms with E-state index in [1.165, 1.54) is 23.7 Å². The molecule has 158 valence electrons. The average molecular weight is 429 g/mol. The summed E-state index contributed by atoms with van der Waals surface area (Å²) in [6, 6.07) is 4.04. The molecule has 1 aromatic carbocycles. The van der Waals surface area contributed by atoms with Crippen molar-refractivity contribution >= 4 is 22.6 Å². The quantitative estimate of drug-likeness (QED) is 0.681. The SMILES string of the molecule is Fc1ccc(CCN2CCN(c3nc(N4CCC(F)(F)CC4)ns3)CC2)cc1F. The van der Waals surface area contributed by atoms with Gasteiger partial charge in [-0.15, -0.1) is 0 Å². The second-order valence-corrected chi connectivity index (χ2v) is 8.28. The zero-order chi connectivity index (χ0) is 20.4. The summed E-state index contributed by atoms with van der Waals surface area (Å²) < 4.78 is 57.3. The van der Waals surface area contributed by atoms with E-state index in [1.807, 2.05) is 4.90 Å². The van der Waals surface area contributed by atoms with Gasteiger partial charge in [0.2, 0.25) is 11.1 Å². The summed E-state index contributed by atoms with van der Waals surface area (Å²) in [4.78, 5) is 10.8. The smallest absolute Gasteiger partial charge is 0.251 e. The van der Waals surface area contributed by atoms with Crippen LogP contribution in [0.2, 0.25) is 0 Å². The van der Waals surface area contributed by atoms with E-state index in [1.54, 1.807) is 6.07 Å². The molecule has 2 aliphatic rings. The Hall–Kier alpha value is -1.94. The molecular weight excluding hydrogens is 406 g/mol. The lowest BCUT2D eigenvalue weighted by Crippen LogP contribution is -2.47. The van der Waals surface area contributed by atoms with E-state index >= 15 is 0 Å². The summed E-state index contributed by atoms with van der Waals surface area (Å²) in [5, 5.41) is 0.817. The highest BCUT2D eigenvalue weighted by atomic mass is 32.1. The van der Waals surface area contributed by atoms with Crippen LogP contribution in [0.4, 0.5) is 28.6 Å². The molecular formula is C19H23F4N5S. The molecule has 2 fully saturated rings. The Labute approximate surface area is 171 Å². The summed E-state index contributed by atoms with van der Waals surface area (Å²) in [6.45, 7) is 4.61. The van der Waals surface area contributed by atoms with E-state index in [4.69, 9.17) is 0 Å². The van der Waals surface area contributed by atoms with Crippen molar-refractivity contribution in [1.29, 1.82) is 0 Å². The molecule has 2 aliphatic heterocycles. The molecule has 0 spiro atoms. The Morgan fingerprint density at radius 2 is 1.66 bits per heavy atom. The first-order valence-corrected chi connectivity index (χ1v) is 10.5. The number of rotatable bonds is 5. The number of alkyl halides is 2. The first-order valence-electron chi connectivity index (χ1n) is 9.77. The summed E-state index contributed by atoms with van der Waals surface area (Å²) in [5.41, 5.74) is 0.784. The van der Waals surface area contributed by atoms with E-state index in [0.29, 0.717) is 12.4 Å². The zero-order valence-corrected chi connectivity index (χ0v) is 16.8. The van der Waals surface area contributed by atoms with Gasteiger partial charge in [0.05, 0.1) is 0 Å².